The molecule has 29 heavy (non-hydrogen) atoms. The van der Waals surface area contributed by atoms with Crippen LogP contribution in [0.25, 0.3) is 11.3 Å². The summed E-state index contributed by atoms with van der Waals surface area (Å²) in [6.45, 7) is 0.606. The maximum atomic E-state index is 13.1. The summed E-state index contributed by atoms with van der Waals surface area (Å²) in [5.74, 6) is -0.261. The van der Waals surface area contributed by atoms with E-state index in [0.29, 0.717) is 31.7 Å². The summed E-state index contributed by atoms with van der Waals surface area (Å²) in [5.41, 5.74) is 1.02. The van der Waals surface area contributed by atoms with Crippen molar-refractivity contribution in [2.24, 2.45) is 0 Å². The predicted molar refractivity (Wildman–Crippen MR) is 104 cm³/mol. The van der Waals surface area contributed by atoms with Gasteiger partial charge in [0.2, 0.25) is 0 Å². The molecule has 1 saturated heterocycles. The average Bonchev–Trinajstić information content (AvgIpc) is 3.24. The second kappa shape index (κ2) is 7.79. The summed E-state index contributed by atoms with van der Waals surface area (Å²) >= 11 is 0. The van der Waals surface area contributed by atoms with Gasteiger partial charge in [-0.25, -0.2) is 12.8 Å². The van der Waals surface area contributed by atoms with Crippen molar-refractivity contribution in [3.05, 3.63) is 72.2 Å². The fraction of sp³-hybridized carbons (Fsp3) is 0.238. The molecule has 3 aromatic rings. The molecule has 0 unspecified atom stereocenters. The Balaban J connectivity index is 1.42. The largest absolute Gasteiger partial charge is 0.355 e. The van der Waals surface area contributed by atoms with E-state index in [4.69, 9.17) is 4.52 Å². The molecule has 1 aromatic heterocycles. The van der Waals surface area contributed by atoms with Gasteiger partial charge in [0.15, 0.2) is 21.3 Å². The Hall–Kier alpha value is -3.00. The van der Waals surface area contributed by atoms with Crippen LogP contribution in [-0.4, -0.2) is 42.7 Å². The van der Waals surface area contributed by atoms with Crippen LogP contribution in [0.2, 0.25) is 0 Å². The van der Waals surface area contributed by atoms with E-state index < -0.39 is 20.9 Å². The van der Waals surface area contributed by atoms with Crippen LogP contribution in [0, 0.1) is 5.82 Å². The lowest BCUT2D eigenvalue weighted by Gasteiger charge is -2.31. The van der Waals surface area contributed by atoms with Crippen molar-refractivity contribution in [1.29, 1.82) is 0 Å². The van der Waals surface area contributed by atoms with E-state index in [-0.39, 0.29) is 16.5 Å². The van der Waals surface area contributed by atoms with Crippen LogP contribution in [-0.2, 0) is 9.84 Å². The normalized spacial score (nSPS) is 15.4. The van der Waals surface area contributed by atoms with Gasteiger partial charge in [0.25, 0.3) is 5.91 Å². The minimum Gasteiger partial charge on any atom is -0.355 e. The van der Waals surface area contributed by atoms with E-state index >= 15 is 0 Å². The molecular weight excluding hydrogens is 395 g/mol. The fourth-order valence-corrected chi connectivity index (χ4v) is 5.19. The fourth-order valence-electron chi connectivity index (χ4n) is 3.46. The first-order valence-corrected chi connectivity index (χ1v) is 10.8. The van der Waals surface area contributed by atoms with Crippen LogP contribution in [0.1, 0.15) is 23.3 Å². The molecule has 2 aromatic carbocycles. The van der Waals surface area contributed by atoms with Gasteiger partial charge < -0.3 is 9.42 Å². The Kier molecular flexibility index (Phi) is 5.19. The zero-order valence-electron chi connectivity index (χ0n) is 15.5. The minimum absolute atomic E-state index is 0.104. The number of aromatic nitrogens is 1. The van der Waals surface area contributed by atoms with Gasteiger partial charge in [-0.1, -0.05) is 35.5 Å². The van der Waals surface area contributed by atoms with Crippen molar-refractivity contribution in [3.63, 3.8) is 0 Å². The first-order valence-electron chi connectivity index (χ1n) is 9.26. The van der Waals surface area contributed by atoms with E-state index in [1.165, 1.54) is 12.1 Å². The first-order chi connectivity index (χ1) is 13.9. The summed E-state index contributed by atoms with van der Waals surface area (Å²) in [7, 11) is -3.56. The molecule has 0 N–H and O–H groups in total. The summed E-state index contributed by atoms with van der Waals surface area (Å²) in [6, 6.07) is 15.8. The number of rotatable bonds is 4. The highest BCUT2D eigenvalue weighted by atomic mass is 32.2. The molecule has 0 saturated carbocycles. The SMILES string of the molecule is O=C(c1cc(-c2ccccc2)on1)N1CCC(S(=O)(=O)c2ccc(F)cc2)CC1. The number of amides is 1. The molecule has 1 fully saturated rings. The van der Waals surface area contributed by atoms with E-state index in [1.807, 2.05) is 30.3 Å². The number of carbonyl (C=O) groups excluding carboxylic acids is 1. The van der Waals surface area contributed by atoms with Crippen molar-refractivity contribution >= 4 is 15.7 Å². The molecule has 6 nitrogen and oxygen atoms in total. The Morgan fingerprint density at radius 2 is 1.69 bits per heavy atom. The van der Waals surface area contributed by atoms with Gasteiger partial charge in [-0.15, -0.1) is 0 Å². The lowest BCUT2D eigenvalue weighted by Crippen LogP contribution is -2.42. The van der Waals surface area contributed by atoms with Gasteiger partial charge >= 0.3 is 0 Å². The second-order valence-corrected chi connectivity index (χ2v) is 9.16. The third-order valence-corrected chi connectivity index (χ3v) is 7.38. The Labute approximate surface area is 167 Å². The van der Waals surface area contributed by atoms with Gasteiger partial charge in [-0.05, 0) is 37.1 Å². The number of halogens is 1. The van der Waals surface area contributed by atoms with Crippen molar-refractivity contribution < 1.29 is 22.1 Å². The Morgan fingerprint density at radius 3 is 2.34 bits per heavy atom. The number of hydrogen-bond donors (Lipinski definition) is 0. The monoisotopic (exact) mass is 414 g/mol. The molecule has 1 amide bonds. The topological polar surface area (TPSA) is 80.5 Å². The highest BCUT2D eigenvalue weighted by Gasteiger charge is 2.33. The number of benzene rings is 2. The highest BCUT2D eigenvalue weighted by molar-refractivity contribution is 7.92. The number of carbonyl (C=O) groups is 1. The van der Waals surface area contributed by atoms with Crippen LogP contribution < -0.4 is 0 Å². The first kappa shape index (κ1) is 19.3. The summed E-state index contributed by atoms with van der Waals surface area (Å²) in [5, 5.41) is 3.27. The predicted octanol–water partition coefficient (Wildman–Crippen LogP) is 3.56. The second-order valence-electron chi connectivity index (χ2n) is 6.93. The van der Waals surface area contributed by atoms with Crippen LogP contribution in [0.3, 0.4) is 0 Å². The summed E-state index contributed by atoms with van der Waals surface area (Å²) < 4.78 is 43.9. The third-order valence-electron chi connectivity index (χ3n) is 5.10. The zero-order chi connectivity index (χ0) is 20.4. The molecule has 0 radical (unpaired) electrons. The number of hydrogen-bond acceptors (Lipinski definition) is 5. The number of likely N-dealkylation sites (tertiary alicyclic amines) is 1. The van der Waals surface area contributed by atoms with Crippen molar-refractivity contribution in [1.82, 2.24) is 10.1 Å². The van der Waals surface area contributed by atoms with Crippen LogP contribution in [0.5, 0.6) is 0 Å². The van der Waals surface area contributed by atoms with E-state index in [1.54, 1.807) is 11.0 Å². The van der Waals surface area contributed by atoms with Crippen molar-refractivity contribution in [2.75, 3.05) is 13.1 Å². The molecule has 2 heterocycles. The van der Waals surface area contributed by atoms with E-state index in [2.05, 4.69) is 5.16 Å². The average molecular weight is 414 g/mol. The number of sulfone groups is 1. The molecule has 150 valence electrons. The van der Waals surface area contributed by atoms with E-state index in [0.717, 1.165) is 17.7 Å². The quantitative estimate of drug-likeness (QED) is 0.610. The maximum Gasteiger partial charge on any atom is 0.276 e. The summed E-state index contributed by atoms with van der Waals surface area (Å²) in [6.07, 6.45) is 0.629. The molecular formula is C21H19FN2O4S. The Bertz CT molecular complexity index is 1100. The number of nitrogens with zero attached hydrogens (tertiary/aromatic N) is 2. The Morgan fingerprint density at radius 1 is 1.03 bits per heavy atom. The lowest BCUT2D eigenvalue weighted by molar-refractivity contribution is 0.0715. The molecule has 0 spiro atoms. The maximum absolute atomic E-state index is 13.1. The number of piperidine rings is 1. The van der Waals surface area contributed by atoms with Gasteiger partial charge in [-0.3, -0.25) is 4.79 Å². The van der Waals surface area contributed by atoms with Crippen molar-refractivity contribution in [3.8, 4) is 11.3 Å². The molecule has 0 atom stereocenters. The third kappa shape index (κ3) is 3.93. The zero-order valence-corrected chi connectivity index (χ0v) is 16.3. The van der Waals surface area contributed by atoms with Crippen molar-refractivity contribution in [2.45, 2.75) is 23.0 Å². The van der Waals surface area contributed by atoms with Gasteiger partial charge in [0.1, 0.15) is 5.82 Å². The standard InChI is InChI=1S/C21H19FN2O4S/c22-16-6-8-17(9-7-16)29(26,27)18-10-12-24(13-11-18)21(25)19-14-20(28-23-19)15-4-2-1-3-5-15/h1-9,14,18H,10-13H2. The van der Waals surface area contributed by atoms with Crippen LogP contribution in [0.4, 0.5) is 4.39 Å². The van der Waals surface area contributed by atoms with Gasteiger partial charge in [0, 0.05) is 24.7 Å². The summed E-state index contributed by atoms with van der Waals surface area (Å²) in [4.78, 5) is 14.4. The molecule has 0 bridgehead atoms. The highest BCUT2D eigenvalue weighted by Crippen LogP contribution is 2.26. The molecule has 1 aliphatic rings. The van der Waals surface area contributed by atoms with Gasteiger partial charge in [-0.2, -0.15) is 0 Å². The van der Waals surface area contributed by atoms with Crippen LogP contribution in [0.15, 0.2) is 70.1 Å². The molecule has 0 aliphatic carbocycles. The minimum atomic E-state index is -3.56. The smallest absolute Gasteiger partial charge is 0.276 e. The lowest BCUT2D eigenvalue weighted by atomic mass is 10.1. The molecule has 8 heteroatoms. The van der Waals surface area contributed by atoms with E-state index in [9.17, 15) is 17.6 Å². The van der Waals surface area contributed by atoms with Gasteiger partial charge in [0.05, 0.1) is 10.1 Å². The molecule has 1 aliphatic heterocycles. The molecule has 4 rings (SSSR count). The van der Waals surface area contributed by atoms with Crippen LogP contribution >= 0.6 is 0 Å².